The molecule has 0 radical (unpaired) electrons. The second-order valence-corrected chi connectivity index (χ2v) is 5.27. The Balaban J connectivity index is 2.00. The van der Waals surface area contributed by atoms with Crippen molar-refractivity contribution in [3.8, 4) is 0 Å². The molecule has 0 aromatic carbocycles. The monoisotopic (exact) mass is 267 g/mol. The van der Waals surface area contributed by atoms with Crippen LogP contribution in [0.25, 0.3) is 0 Å². The highest BCUT2D eigenvalue weighted by molar-refractivity contribution is 7.98. The molecule has 0 atom stereocenters. The molecule has 0 aliphatic carbocycles. The molecule has 2 N–H and O–H groups in total. The summed E-state index contributed by atoms with van der Waals surface area (Å²) in [7, 11) is 1.91. The Kier molecular flexibility index (Phi) is 4.03. The first kappa shape index (κ1) is 13.1. The predicted octanol–water partition coefficient (Wildman–Crippen LogP) is 1.68. The lowest BCUT2D eigenvalue weighted by Gasteiger charge is -2.00. The molecule has 0 aliphatic rings. The van der Waals surface area contributed by atoms with Gasteiger partial charge in [-0.3, -0.25) is 0 Å². The average molecular weight is 267 g/mol. The summed E-state index contributed by atoms with van der Waals surface area (Å²) in [5.41, 5.74) is 6.47. The Labute approximate surface area is 110 Å². The fraction of sp³-hybridized carbons (Fsp3) is 0.545. The maximum absolute atomic E-state index is 5.55. The van der Waals surface area contributed by atoms with Crippen molar-refractivity contribution in [2.75, 3.05) is 0 Å². The molecule has 2 rings (SSSR count). The van der Waals surface area contributed by atoms with Crippen molar-refractivity contribution in [1.82, 2.24) is 19.9 Å². The molecule has 0 saturated carbocycles. The standard InChI is InChI=1S/C11H17N5OS/c1-7(2)9-4-8(15-17-9)6-18-11-14-13-10(5-12)16(11)3/h4,7H,5-6,12H2,1-3H3. The third-order valence-corrected chi connectivity index (χ3v) is 3.66. The van der Waals surface area contributed by atoms with Crippen molar-refractivity contribution in [2.45, 2.75) is 37.2 Å². The normalized spacial score (nSPS) is 11.4. The van der Waals surface area contributed by atoms with Gasteiger partial charge in [-0.1, -0.05) is 30.8 Å². The number of nitrogens with two attached hydrogens (primary N) is 1. The van der Waals surface area contributed by atoms with Gasteiger partial charge in [-0.15, -0.1) is 10.2 Å². The molecule has 0 bridgehead atoms. The Bertz CT molecular complexity index is 519. The van der Waals surface area contributed by atoms with Crippen LogP contribution < -0.4 is 5.73 Å². The van der Waals surface area contributed by atoms with Crippen LogP contribution in [0.4, 0.5) is 0 Å². The zero-order valence-corrected chi connectivity index (χ0v) is 11.6. The fourth-order valence-corrected chi connectivity index (χ4v) is 2.27. The molecule has 2 aromatic rings. The minimum absolute atomic E-state index is 0.356. The molecular formula is C11H17N5OS. The van der Waals surface area contributed by atoms with Gasteiger partial charge >= 0.3 is 0 Å². The number of aromatic nitrogens is 4. The Morgan fingerprint density at radius 2 is 2.22 bits per heavy atom. The molecule has 98 valence electrons. The van der Waals surface area contributed by atoms with Crippen molar-refractivity contribution < 1.29 is 4.52 Å². The van der Waals surface area contributed by atoms with Gasteiger partial charge in [0.2, 0.25) is 0 Å². The molecule has 2 aromatic heterocycles. The summed E-state index contributed by atoms with van der Waals surface area (Å²) in [5, 5.41) is 13.0. The van der Waals surface area contributed by atoms with Gasteiger partial charge in [0, 0.05) is 24.8 Å². The van der Waals surface area contributed by atoms with E-state index in [0.29, 0.717) is 18.2 Å². The van der Waals surface area contributed by atoms with Gasteiger partial charge in [-0.2, -0.15) is 0 Å². The van der Waals surface area contributed by atoms with E-state index in [1.54, 1.807) is 11.8 Å². The summed E-state index contributed by atoms with van der Waals surface area (Å²) < 4.78 is 7.14. The fourth-order valence-electron chi connectivity index (χ4n) is 1.46. The Hall–Kier alpha value is -1.34. The average Bonchev–Trinajstić information content (AvgIpc) is 2.93. The lowest BCUT2D eigenvalue weighted by atomic mass is 10.1. The highest BCUT2D eigenvalue weighted by atomic mass is 32.2. The van der Waals surface area contributed by atoms with Crippen LogP contribution in [0.15, 0.2) is 15.7 Å². The van der Waals surface area contributed by atoms with E-state index in [2.05, 4.69) is 29.2 Å². The van der Waals surface area contributed by atoms with Crippen molar-refractivity contribution >= 4 is 11.8 Å². The van der Waals surface area contributed by atoms with Gasteiger partial charge < -0.3 is 14.8 Å². The summed E-state index contributed by atoms with van der Waals surface area (Å²) in [6.07, 6.45) is 0. The first-order chi connectivity index (χ1) is 8.61. The van der Waals surface area contributed by atoms with E-state index in [4.69, 9.17) is 10.3 Å². The summed E-state index contributed by atoms with van der Waals surface area (Å²) >= 11 is 1.57. The second-order valence-electron chi connectivity index (χ2n) is 4.33. The minimum atomic E-state index is 0.356. The van der Waals surface area contributed by atoms with Crippen molar-refractivity contribution in [3.63, 3.8) is 0 Å². The highest BCUT2D eigenvalue weighted by Gasteiger charge is 2.11. The van der Waals surface area contributed by atoms with E-state index in [1.165, 1.54) is 0 Å². The SMILES string of the molecule is CC(C)c1cc(CSc2nnc(CN)n2C)no1. The van der Waals surface area contributed by atoms with Gasteiger partial charge in [0.1, 0.15) is 11.6 Å². The van der Waals surface area contributed by atoms with Crippen LogP contribution in [0.3, 0.4) is 0 Å². The third kappa shape index (κ3) is 2.73. The zero-order chi connectivity index (χ0) is 13.1. The molecule has 0 unspecified atom stereocenters. The Morgan fingerprint density at radius 1 is 1.44 bits per heavy atom. The Morgan fingerprint density at radius 3 is 2.78 bits per heavy atom. The van der Waals surface area contributed by atoms with Gasteiger partial charge in [-0.25, -0.2) is 0 Å². The molecule has 2 heterocycles. The summed E-state index contributed by atoms with van der Waals surface area (Å²) in [4.78, 5) is 0. The van der Waals surface area contributed by atoms with E-state index in [-0.39, 0.29) is 0 Å². The first-order valence-electron chi connectivity index (χ1n) is 5.78. The summed E-state index contributed by atoms with van der Waals surface area (Å²) in [6.45, 7) is 4.55. The van der Waals surface area contributed by atoms with Gasteiger partial charge in [-0.05, 0) is 0 Å². The molecule has 18 heavy (non-hydrogen) atoms. The van der Waals surface area contributed by atoms with Gasteiger partial charge in [0.05, 0.1) is 12.2 Å². The summed E-state index contributed by atoms with van der Waals surface area (Å²) in [5.74, 6) is 2.76. The van der Waals surface area contributed by atoms with Crippen LogP contribution in [-0.2, 0) is 19.3 Å². The van der Waals surface area contributed by atoms with E-state index >= 15 is 0 Å². The number of hydrogen-bond acceptors (Lipinski definition) is 6. The minimum Gasteiger partial charge on any atom is -0.361 e. The largest absolute Gasteiger partial charge is 0.361 e. The van der Waals surface area contributed by atoms with Gasteiger partial charge in [0.15, 0.2) is 5.16 Å². The number of rotatable bonds is 5. The van der Waals surface area contributed by atoms with E-state index in [0.717, 1.165) is 22.4 Å². The van der Waals surface area contributed by atoms with E-state index in [1.807, 2.05) is 17.7 Å². The van der Waals surface area contributed by atoms with E-state index in [9.17, 15) is 0 Å². The van der Waals surface area contributed by atoms with Crippen LogP contribution in [0, 0.1) is 0 Å². The molecule has 0 amide bonds. The topological polar surface area (TPSA) is 82.8 Å². The van der Waals surface area contributed by atoms with Crippen LogP contribution in [0.1, 0.15) is 37.0 Å². The van der Waals surface area contributed by atoms with Gasteiger partial charge in [0.25, 0.3) is 0 Å². The predicted molar refractivity (Wildman–Crippen MR) is 69.0 cm³/mol. The van der Waals surface area contributed by atoms with Crippen LogP contribution >= 0.6 is 11.8 Å². The molecule has 0 aliphatic heterocycles. The number of nitrogens with zero attached hydrogens (tertiary/aromatic N) is 4. The molecule has 7 heteroatoms. The first-order valence-corrected chi connectivity index (χ1v) is 6.77. The number of hydrogen-bond donors (Lipinski definition) is 1. The molecular weight excluding hydrogens is 250 g/mol. The molecule has 0 spiro atoms. The van der Waals surface area contributed by atoms with Crippen molar-refractivity contribution in [1.29, 1.82) is 0 Å². The lowest BCUT2D eigenvalue weighted by molar-refractivity contribution is 0.367. The second kappa shape index (κ2) is 5.53. The maximum Gasteiger partial charge on any atom is 0.191 e. The quantitative estimate of drug-likeness (QED) is 0.830. The highest BCUT2D eigenvalue weighted by Crippen LogP contribution is 2.22. The van der Waals surface area contributed by atoms with E-state index < -0.39 is 0 Å². The van der Waals surface area contributed by atoms with Crippen LogP contribution in [-0.4, -0.2) is 19.9 Å². The lowest BCUT2D eigenvalue weighted by Crippen LogP contribution is -2.05. The zero-order valence-electron chi connectivity index (χ0n) is 10.8. The molecule has 0 fully saturated rings. The van der Waals surface area contributed by atoms with Crippen molar-refractivity contribution in [2.24, 2.45) is 12.8 Å². The third-order valence-electron chi connectivity index (χ3n) is 2.60. The summed E-state index contributed by atoms with van der Waals surface area (Å²) in [6, 6.07) is 1.98. The molecule has 0 saturated heterocycles. The van der Waals surface area contributed by atoms with Crippen LogP contribution in [0.5, 0.6) is 0 Å². The molecule has 6 nitrogen and oxygen atoms in total. The smallest absolute Gasteiger partial charge is 0.191 e. The van der Waals surface area contributed by atoms with Crippen molar-refractivity contribution in [3.05, 3.63) is 23.3 Å². The number of thioether (sulfide) groups is 1. The van der Waals surface area contributed by atoms with Crippen LogP contribution in [0.2, 0.25) is 0 Å². The maximum atomic E-state index is 5.55.